The Bertz CT molecular complexity index is 346. The topological polar surface area (TPSA) is 29.1 Å². The largest absolute Gasteiger partial charge is 0.383 e. The first-order chi connectivity index (χ1) is 6.59. The lowest BCUT2D eigenvalue weighted by Gasteiger charge is -2.07. The Labute approximate surface area is 105 Å². The summed E-state index contributed by atoms with van der Waals surface area (Å²) >= 11 is 8.21. The van der Waals surface area contributed by atoms with E-state index in [9.17, 15) is 4.21 Å². The monoisotopic (exact) mass is 343 g/mol. The van der Waals surface area contributed by atoms with E-state index in [-0.39, 0.29) is 0 Å². The van der Waals surface area contributed by atoms with Crippen molar-refractivity contribution < 1.29 is 4.21 Å². The second-order valence-electron chi connectivity index (χ2n) is 2.83. The maximum atomic E-state index is 10.8. The quantitative estimate of drug-likeness (QED) is 0.852. The summed E-state index contributed by atoms with van der Waals surface area (Å²) in [6.07, 6.45) is 1.69. The molecule has 0 spiro atoms. The summed E-state index contributed by atoms with van der Waals surface area (Å²) in [6.45, 7) is 0.684. The van der Waals surface area contributed by atoms with Gasteiger partial charge in [0.1, 0.15) is 0 Å². The van der Waals surface area contributed by atoms with Gasteiger partial charge < -0.3 is 5.32 Å². The summed E-state index contributed by atoms with van der Waals surface area (Å²) in [5, 5.41) is 3.85. The molecule has 0 heterocycles. The lowest BCUT2D eigenvalue weighted by molar-refractivity contribution is 0.687. The molecule has 0 amide bonds. The summed E-state index contributed by atoms with van der Waals surface area (Å²) in [6, 6.07) is 5.81. The van der Waals surface area contributed by atoms with E-state index in [4.69, 9.17) is 11.6 Å². The van der Waals surface area contributed by atoms with Gasteiger partial charge >= 0.3 is 0 Å². The third kappa shape index (κ3) is 4.14. The predicted octanol–water partition coefficient (Wildman–Crippen LogP) is 2.74. The molecule has 0 saturated heterocycles. The molecule has 0 bridgehead atoms. The van der Waals surface area contributed by atoms with E-state index in [0.717, 1.165) is 9.26 Å². The molecule has 5 heteroatoms. The van der Waals surface area contributed by atoms with Gasteiger partial charge in [0.25, 0.3) is 0 Å². The van der Waals surface area contributed by atoms with Crippen LogP contribution in [0.4, 0.5) is 5.69 Å². The first kappa shape index (κ1) is 12.3. The standard InChI is InChI=1S/C9H11ClINOS/c1-14(13)5-4-12-9-3-2-7(11)6-8(9)10/h2-3,6,12H,4-5H2,1H3. The molecule has 1 unspecified atom stereocenters. The number of benzene rings is 1. The Morgan fingerprint density at radius 2 is 2.29 bits per heavy atom. The van der Waals surface area contributed by atoms with Crippen molar-refractivity contribution in [1.82, 2.24) is 0 Å². The van der Waals surface area contributed by atoms with Crippen LogP contribution in [0.3, 0.4) is 0 Å². The molecule has 1 aromatic carbocycles. The Hall–Kier alpha value is 0.190. The van der Waals surface area contributed by atoms with Crippen molar-refractivity contribution in [3.8, 4) is 0 Å². The van der Waals surface area contributed by atoms with Crippen LogP contribution < -0.4 is 5.32 Å². The molecule has 0 aliphatic carbocycles. The third-order valence-electron chi connectivity index (χ3n) is 1.64. The molecular formula is C9H11ClINOS. The molecule has 78 valence electrons. The Kier molecular flexibility index (Phi) is 5.19. The van der Waals surface area contributed by atoms with E-state index in [2.05, 4.69) is 27.9 Å². The van der Waals surface area contributed by atoms with Crippen molar-refractivity contribution in [2.24, 2.45) is 0 Å². The summed E-state index contributed by atoms with van der Waals surface area (Å²) in [5.74, 6) is 0.641. The highest BCUT2D eigenvalue weighted by Gasteiger charge is 2.00. The summed E-state index contributed by atoms with van der Waals surface area (Å²) in [7, 11) is -0.757. The fourth-order valence-electron chi connectivity index (χ4n) is 0.962. The van der Waals surface area contributed by atoms with Crippen molar-refractivity contribution in [3.05, 3.63) is 26.8 Å². The van der Waals surface area contributed by atoms with Crippen LogP contribution in [0, 0.1) is 3.57 Å². The van der Waals surface area contributed by atoms with Crippen LogP contribution in [-0.2, 0) is 10.8 Å². The molecule has 0 fully saturated rings. The smallest absolute Gasteiger partial charge is 0.0648 e. The van der Waals surface area contributed by atoms with Crippen molar-refractivity contribution in [3.63, 3.8) is 0 Å². The van der Waals surface area contributed by atoms with Gasteiger partial charge in [0.05, 0.1) is 10.7 Å². The van der Waals surface area contributed by atoms with Gasteiger partial charge in [-0.25, -0.2) is 0 Å². The zero-order valence-corrected chi connectivity index (χ0v) is 11.4. The molecule has 14 heavy (non-hydrogen) atoms. The van der Waals surface area contributed by atoms with Crippen LogP contribution in [0.2, 0.25) is 5.02 Å². The van der Waals surface area contributed by atoms with E-state index in [1.807, 2.05) is 18.2 Å². The Morgan fingerprint density at radius 3 is 2.86 bits per heavy atom. The first-order valence-electron chi connectivity index (χ1n) is 4.08. The van der Waals surface area contributed by atoms with Crippen LogP contribution in [-0.4, -0.2) is 22.8 Å². The van der Waals surface area contributed by atoms with Gasteiger partial charge in [0, 0.05) is 32.9 Å². The summed E-state index contributed by atoms with van der Waals surface area (Å²) < 4.78 is 11.9. The molecule has 1 atom stereocenters. The maximum Gasteiger partial charge on any atom is 0.0648 e. The third-order valence-corrected chi connectivity index (χ3v) is 3.40. The molecule has 0 radical (unpaired) electrons. The van der Waals surface area contributed by atoms with Gasteiger partial charge in [-0.15, -0.1) is 0 Å². The van der Waals surface area contributed by atoms with Gasteiger partial charge in [-0.05, 0) is 40.8 Å². The van der Waals surface area contributed by atoms with Crippen LogP contribution in [0.25, 0.3) is 0 Å². The van der Waals surface area contributed by atoms with Crippen LogP contribution in [0.5, 0.6) is 0 Å². The van der Waals surface area contributed by atoms with Crippen LogP contribution in [0.1, 0.15) is 0 Å². The number of anilines is 1. The highest BCUT2D eigenvalue weighted by atomic mass is 127. The fraction of sp³-hybridized carbons (Fsp3) is 0.333. The highest BCUT2D eigenvalue weighted by molar-refractivity contribution is 14.1. The summed E-state index contributed by atoms with van der Waals surface area (Å²) in [4.78, 5) is 0. The van der Waals surface area contributed by atoms with Gasteiger partial charge in [0.15, 0.2) is 0 Å². The number of hydrogen-bond donors (Lipinski definition) is 1. The molecular weight excluding hydrogens is 333 g/mol. The molecule has 1 rings (SSSR count). The molecule has 2 nitrogen and oxygen atoms in total. The van der Waals surface area contributed by atoms with Crippen molar-refractivity contribution >= 4 is 50.7 Å². The van der Waals surface area contributed by atoms with Crippen molar-refractivity contribution in [2.75, 3.05) is 23.9 Å². The SMILES string of the molecule is CS(=O)CCNc1ccc(I)cc1Cl. The second-order valence-corrected chi connectivity index (χ2v) is 6.04. The Balaban J connectivity index is 2.55. The maximum absolute atomic E-state index is 10.8. The van der Waals surface area contributed by atoms with Crippen LogP contribution in [0.15, 0.2) is 18.2 Å². The van der Waals surface area contributed by atoms with Gasteiger partial charge in [-0.1, -0.05) is 11.6 Å². The van der Waals surface area contributed by atoms with Gasteiger partial charge in [-0.2, -0.15) is 0 Å². The molecule has 1 N–H and O–H groups in total. The minimum Gasteiger partial charge on any atom is -0.383 e. The lowest BCUT2D eigenvalue weighted by atomic mass is 10.3. The number of nitrogens with one attached hydrogen (secondary N) is 1. The second kappa shape index (κ2) is 5.92. The predicted molar refractivity (Wildman–Crippen MR) is 71.6 cm³/mol. The number of halogens is 2. The minimum atomic E-state index is -0.757. The zero-order chi connectivity index (χ0) is 10.6. The molecule has 0 aromatic heterocycles. The average Bonchev–Trinajstić information content (AvgIpc) is 2.08. The van der Waals surface area contributed by atoms with Crippen molar-refractivity contribution in [2.45, 2.75) is 0 Å². The zero-order valence-electron chi connectivity index (χ0n) is 7.72. The molecule has 0 saturated carbocycles. The highest BCUT2D eigenvalue weighted by Crippen LogP contribution is 2.23. The fourth-order valence-corrected chi connectivity index (χ4v) is 2.27. The minimum absolute atomic E-state index is 0.641. The first-order valence-corrected chi connectivity index (χ1v) is 7.27. The lowest BCUT2D eigenvalue weighted by Crippen LogP contribution is -2.09. The average molecular weight is 344 g/mol. The van der Waals surface area contributed by atoms with Gasteiger partial charge in [0.2, 0.25) is 0 Å². The van der Waals surface area contributed by atoms with E-state index >= 15 is 0 Å². The Morgan fingerprint density at radius 1 is 1.57 bits per heavy atom. The van der Waals surface area contributed by atoms with Gasteiger partial charge in [-0.3, -0.25) is 4.21 Å². The summed E-state index contributed by atoms with van der Waals surface area (Å²) in [5.41, 5.74) is 0.900. The number of rotatable bonds is 4. The van der Waals surface area contributed by atoms with Crippen LogP contribution >= 0.6 is 34.2 Å². The molecule has 1 aromatic rings. The molecule has 0 aliphatic rings. The molecule has 0 aliphatic heterocycles. The number of hydrogen-bond acceptors (Lipinski definition) is 2. The van der Waals surface area contributed by atoms with E-state index in [0.29, 0.717) is 17.3 Å². The van der Waals surface area contributed by atoms with E-state index in [1.165, 1.54) is 0 Å². The van der Waals surface area contributed by atoms with E-state index in [1.54, 1.807) is 6.26 Å². The van der Waals surface area contributed by atoms with Crippen molar-refractivity contribution in [1.29, 1.82) is 0 Å². The van der Waals surface area contributed by atoms with E-state index < -0.39 is 10.8 Å². The normalized spacial score (nSPS) is 12.5.